The second kappa shape index (κ2) is 10.6. The van der Waals surface area contributed by atoms with Crippen LogP contribution in [0.4, 0.5) is 5.69 Å². The molecule has 1 aliphatic heterocycles. The van der Waals surface area contributed by atoms with Crippen molar-refractivity contribution in [1.82, 2.24) is 20.0 Å². The van der Waals surface area contributed by atoms with E-state index in [4.69, 9.17) is 0 Å². The number of para-hydroxylation sites is 1. The number of hydrogen-bond donors (Lipinski definition) is 1. The number of piperazine rings is 1. The summed E-state index contributed by atoms with van der Waals surface area (Å²) < 4.78 is 1.86. The number of benzene rings is 3. The maximum Gasteiger partial charge on any atom is 0.251 e. The number of rotatable bonds is 7. The molecule has 1 amide bonds. The van der Waals surface area contributed by atoms with Gasteiger partial charge in [-0.1, -0.05) is 42.5 Å². The van der Waals surface area contributed by atoms with Crippen molar-refractivity contribution in [3.8, 4) is 5.69 Å². The van der Waals surface area contributed by atoms with Crippen molar-refractivity contribution >= 4 is 11.6 Å². The van der Waals surface area contributed by atoms with E-state index in [2.05, 4.69) is 68.7 Å². The van der Waals surface area contributed by atoms with Crippen molar-refractivity contribution in [1.29, 1.82) is 0 Å². The molecule has 1 saturated heterocycles. The molecule has 0 saturated carbocycles. The van der Waals surface area contributed by atoms with E-state index in [1.165, 1.54) is 11.3 Å². The molecule has 0 radical (unpaired) electrons. The van der Waals surface area contributed by atoms with E-state index < -0.39 is 0 Å². The number of nitrogens with one attached hydrogen (secondary N) is 1. The molecular formula is C29H31N5O. The SMILES string of the molecule is Cc1ccnn1-c1ccc(C(=O)NCc2ccccc2CN2CCN(c3ccccc3)CC2)cc1. The van der Waals surface area contributed by atoms with E-state index in [1.54, 1.807) is 6.20 Å². The fraction of sp³-hybridized carbons (Fsp3) is 0.241. The molecule has 1 N–H and O–H groups in total. The molecule has 1 fully saturated rings. The Labute approximate surface area is 206 Å². The molecule has 35 heavy (non-hydrogen) atoms. The van der Waals surface area contributed by atoms with E-state index in [-0.39, 0.29) is 5.91 Å². The molecule has 5 rings (SSSR count). The predicted octanol–water partition coefficient (Wildman–Crippen LogP) is 4.43. The summed E-state index contributed by atoms with van der Waals surface area (Å²) in [6.07, 6.45) is 1.77. The van der Waals surface area contributed by atoms with Crippen LogP contribution in [0.5, 0.6) is 0 Å². The minimum atomic E-state index is -0.0694. The molecule has 0 unspecified atom stereocenters. The summed E-state index contributed by atoms with van der Waals surface area (Å²) in [5.41, 5.74) is 6.37. The summed E-state index contributed by atoms with van der Waals surface area (Å²) in [4.78, 5) is 17.7. The zero-order valence-electron chi connectivity index (χ0n) is 20.1. The minimum Gasteiger partial charge on any atom is -0.369 e. The van der Waals surface area contributed by atoms with Gasteiger partial charge in [0, 0.05) is 62.4 Å². The van der Waals surface area contributed by atoms with Crippen LogP contribution in [0.15, 0.2) is 91.1 Å². The Hall–Kier alpha value is -3.90. The molecule has 6 heteroatoms. The maximum atomic E-state index is 12.8. The van der Waals surface area contributed by atoms with Gasteiger partial charge in [0.2, 0.25) is 0 Å². The van der Waals surface area contributed by atoms with Gasteiger partial charge in [-0.2, -0.15) is 5.10 Å². The van der Waals surface area contributed by atoms with Crippen LogP contribution in [-0.2, 0) is 13.1 Å². The Bertz CT molecular complexity index is 1260. The van der Waals surface area contributed by atoms with Crippen LogP contribution in [0.25, 0.3) is 5.69 Å². The molecule has 0 aliphatic carbocycles. The van der Waals surface area contributed by atoms with Gasteiger partial charge in [-0.3, -0.25) is 9.69 Å². The topological polar surface area (TPSA) is 53.4 Å². The molecule has 1 aliphatic rings. The van der Waals surface area contributed by atoms with Crippen LogP contribution in [0.1, 0.15) is 27.2 Å². The Kier molecular flexibility index (Phi) is 6.91. The number of carbonyl (C=O) groups excluding carboxylic acids is 1. The van der Waals surface area contributed by atoms with Crippen LogP contribution in [-0.4, -0.2) is 46.8 Å². The van der Waals surface area contributed by atoms with Crippen LogP contribution >= 0.6 is 0 Å². The van der Waals surface area contributed by atoms with E-state index in [1.807, 2.05) is 48.0 Å². The Morgan fingerprint density at radius 3 is 2.17 bits per heavy atom. The number of aryl methyl sites for hydroxylation is 1. The van der Waals surface area contributed by atoms with Crippen LogP contribution < -0.4 is 10.2 Å². The standard InChI is InChI=1S/C29H31N5O/c1-23-15-16-31-34(23)28-13-11-24(12-14-28)29(35)30-21-25-7-5-6-8-26(25)22-32-17-19-33(20-18-32)27-9-3-2-4-10-27/h2-16H,17-22H2,1H3,(H,30,35). The smallest absolute Gasteiger partial charge is 0.251 e. The van der Waals surface area contributed by atoms with Crippen LogP contribution in [0, 0.1) is 6.92 Å². The first kappa shape index (κ1) is 22.9. The lowest BCUT2D eigenvalue weighted by atomic mass is 10.1. The molecule has 2 heterocycles. The molecule has 0 atom stereocenters. The lowest BCUT2D eigenvalue weighted by Gasteiger charge is -2.36. The Morgan fingerprint density at radius 1 is 0.800 bits per heavy atom. The first-order valence-corrected chi connectivity index (χ1v) is 12.2. The van der Waals surface area contributed by atoms with Crippen molar-refractivity contribution in [2.45, 2.75) is 20.0 Å². The average molecular weight is 466 g/mol. The molecule has 178 valence electrons. The van der Waals surface area contributed by atoms with Crippen molar-refractivity contribution in [2.24, 2.45) is 0 Å². The quantitative estimate of drug-likeness (QED) is 0.439. The van der Waals surface area contributed by atoms with Gasteiger partial charge in [0.1, 0.15) is 0 Å². The maximum absolute atomic E-state index is 12.8. The van der Waals surface area contributed by atoms with Gasteiger partial charge in [-0.05, 0) is 60.5 Å². The lowest BCUT2D eigenvalue weighted by Crippen LogP contribution is -2.46. The molecule has 6 nitrogen and oxygen atoms in total. The van der Waals surface area contributed by atoms with Crippen LogP contribution in [0.3, 0.4) is 0 Å². The number of nitrogens with zero attached hydrogens (tertiary/aromatic N) is 4. The summed E-state index contributed by atoms with van der Waals surface area (Å²) >= 11 is 0. The first-order chi connectivity index (χ1) is 17.2. The van der Waals surface area contributed by atoms with Crippen molar-refractivity contribution in [2.75, 3.05) is 31.1 Å². The third kappa shape index (κ3) is 5.44. The normalized spacial score (nSPS) is 14.1. The molecule has 3 aromatic carbocycles. The highest BCUT2D eigenvalue weighted by Gasteiger charge is 2.18. The lowest BCUT2D eigenvalue weighted by molar-refractivity contribution is 0.0950. The van der Waals surface area contributed by atoms with Gasteiger partial charge in [0.05, 0.1) is 5.69 Å². The van der Waals surface area contributed by atoms with Gasteiger partial charge >= 0.3 is 0 Å². The number of hydrogen-bond acceptors (Lipinski definition) is 4. The third-order valence-electron chi connectivity index (χ3n) is 6.65. The molecular weight excluding hydrogens is 434 g/mol. The molecule has 4 aromatic rings. The zero-order chi connectivity index (χ0) is 24.0. The third-order valence-corrected chi connectivity index (χ3v) is 6.65. The highest BCUT2D eigenvalue weighted by Crippen LogP contribution is 2.18. The van der Waals surface area contributed by atoms with Crippen molar-refractivity contribution in [3.63, 3.8) is 0 Å². The summed E-state index contributed by atoms with van der Waals surface area (Å²) in [6, 6.07) is 28.5. The summed E-state index contributed by atoms with van der Waals surface area (Å²) in [6.45, 7) is 7.52. The largest absolute Gasteiger partial charge is 0.369 e. The van der Waals surface area contributed by atoms with Crippen LogP contribution in [0.2, 0.25) is 0 Å². The Balaban J connectivity index is 1.17. The molecule has 0 spiro atoms. The molecule has 0 bridgehead atoms. The number of amides is 1. The van der Waals surface area contributed by atoms with Gasteiger partial charge in [-0.25, -0.2) is 4.68 Å². The fourth-order valence-electron chi connectivity index (χ4n) is 4.60. The van der Waals surface area contributed by atoms with Gasteiger partial charge in [0.15, 0.2) is 0 Å². The van der Waals surface area contributed by atoms with E-state index >= 15 is 0 Å². The zero-order valence-corrected chi connectivity index (χ0v) is 20.1. The predicted molar refractivity (Wildman–Crippen MR) is 140 cm³/mol. The fourth-order valence-corrected chi connectivity index (χ4v) is 4.60. The van der Waals surface area contributed by atoms with Gasteiger partial charge < -0.3 is 10.2 Å². The van der Waals surface area contributed by atoms with E-state index in [9.17, 15) is 4.79 Å². The highest BCUT2D eigenvalue weighted by atomic mass is 16.1. The van der Waals surface area contributed by atoms with Gasteiger partial charge in [-0.15, -0.1) is 0 Å². The summed E-state index contributed by atoms with van der Waals surface area (Å²) in [5.74, 6) is -0.0694. The van der Waals surface area contributed by atoms with E-state index in [0.29, 0.717) is 12.1 Å². The first-order valence-electron chi connectivity index (χ1n) is 12.2. The van der Waals surface area contributed by atoms with Crippen molar-refractivity contribution in [3.05, 3.63) is 114 Å². The Morgan fingerprint density at radius 2 is 1.49 bits per heavy atom. The van der Waals surface area contributed by atoms with Crippen molar-refractivity contribution < 1.29 is 4.79 Å². The number of aromatic nitrogens is 2. The monoisotopic (exact) mass is 465 g/mol. The summed E-state index contributed by atoms with van der Waals surface area (Å²) in [7, 11) is 0. The van der Waals surface area contributed by atoms with Gasteiger partial charge in [0.25, 0.3) is 5.91 Å². The second-order valence-electron chi connectivity index (χ2n) is 8.98. The number of anilines is 1. The average Bonchev–Trinajstić information content (AvgIpc) is 3.35. The van der Waals surface area contributed by atoms with E-state index in [0.717, 1.165) is 49.7 Å². The molecule has 1 aromatic heterocycles. The minimum absolute atomic E-state index is 0.0694. The summed E-state index contributed by atoms with van der Waals surface area (Å²) in [5, 5.41) is 7.42. The number of carbonyl (C=O) groups is 1. The highest BCUT2D eigenvalue weighted by molar-refractivity contribution is 5.94. The second-order valence-corrected chi connectivity index (χ2v) is 8.98.